The van der Waals surface area contributed by atoms with Crippen LogP contribution in [0.4, 0.5) is 10.1 Å². The molecule has 0 fully saturated rings. The predicted molar refractivity (Wildman–Crippen MR) is 129 cm³/mol. The molecular weight excluding hydrogens is 437 g/mol. The molecule has 5 nitrogen and oxygen atoms in total. The van der Waals surface area contributed by atoms with E-state index in [1.165, 1.54) is 18.2 Å². The van der Waals surface area contributed by atoms with Crippen molar-refractivity contribution in [3.8, 4) is 11.3 Å². The lowest BCUT2D eigenvalue weighted by atomic mass is 10.1. The summed E-state index contributed by atoms with van der Waals surface area (Å²) in [5.41, 5.74) is 4.54. The number of nitrogens with zero attached hydrogens (tertiary/aromatic N) is 1. The largest absolute Gasteiger partial charge is 0.352 e. The Balaban J connectivity index is 1.31. The number of aromatic nitrogens is 1. The molecule has 0 spiro atoms. The van der Waals surface area contributed by atoms with E-state index in [0.29, 0.717) is 12.2 Å². The second kappa shape index (κ2) is 10.2. The van der Waals surface area contributed by atoms with Crippen LogP contribution in [0.25, 0.3) is 11.3 Å². The van der Waals surface area contributed by atoms with Gasteiger partial charge in [-0.15, -0.1) is 11.3 Å². The monoisotopic (exact) mass is 459 g/mol. The Hall–Kier alpha value is -3.84. The number of benzene rings is 3. The van der Waals surface area contributed by atoms with E-state index < -0.39 is 11.7 Å². The lowest BCUT2D eigenvalue weighted by molar-refractivity contribution is -0.120. The van der Waals surface area contributed by atoms with Crippen molar-refractivity contribution in [2.24, 2.45) is 0 Å². The number of carbonyl (C=O) groups excluding carboxylic acids is 2. The van der Waals surface area contributed by atoms with Crippen molar-refractivity contribution in [3.05, 3.63) is 106 Å². The molecule has 3 aromatic carbocycles. The number of anilines is 1. The SMILES string of the molecule is Cc1nc(-c2ccc(CC(=O)NCc3cccc(NC(=O)c4cccc(F)c4)c3)cc2)cs1. The van der Waals surface area contributed by atoms with Crippen LogP contribution in [-0.4, -0.2) is 16.8 Å². The Kier molecular flexibility index (Phi) is 6.90. The standard InChI is InChI=1S/C26H22FN3O2S/c1-17-29-24(16-33-17)20-10-8-18(9-11-20)13-25(31)28-15-19-4-2-7-23(12-19)30-26(32)21-5-3-6-22(27)14-21/h2-12,14,16H,13,15H2,1H3,(H,28,31)(H,30,32). The average Bonchev–Trinajstić information content (AvgIpc) is 3.25. The smallest absolute Gasteiger partial charge is 0.255 e. The van der Waals surface area contributed by atoms with Crippen LogP contribution in [0.15, 0.2) is 78.2 Å². The minimum Gasteiger partial charge on any atom is -0.352 e. The number of carbonyl (C=O) groups is 2. The maximum atomic E-state index is 13.3. The zero-order chi connectivity index (χ0) is 23.2. The molecular formula is C26H22FN3O2S. The van der Waals surface area contributed by atoms with E-state index in [4.69, 9.17) is 0 Å². The summed E-state index contributed by atoms with van der Waals surface area (Å²) < 4.78 is 13.3. The number of nitrogens with one attached hydrogen (secondary N) is 2. The van der Waals surface area contributed by atoms with Gasteiger partial charge in [0.2, 0.25) is 5.91 Å². The number of halogens is 1. The van der Waals surface area contributed by atoms with Crippen LogP contribution in [0.5, 0.6) is 0 Å². The van der Waals surface area contributed by atoms with E-state index >= 15 is 0 Å². The average molecular weight is 460 g/mol. The minimum absolute atomic E-state index is 0.0959. The summed E-state index contributed by atoms with van der Waals surface area (Å²) in [6.07, 6.45) is 0.270. The summed E-state index contributed by atoms with van der Waals surface area (Å²) in [6, 6.07) is 20.5. The van der Waals surface area contributed by atoms with E-state index in [9.17, 15) is 14.0 Å². The van der Waals surface area contributed by atoms with Crippen LogP contribution in [0.1, 0.15) is 26.5 Å². The van der Waals surface area contributed by atoms with Gasteiger partial charge in [-0.1, -0.05) is 42.5 Å². The molecule has 33 heavy (non-hydrogen) atoms. The van der Waals surface area contributed by atoms with Crippen LogP contribution >= 0.6 is 11.3 Å². The number of rotatable bonds is 7. The Morgan fingerprint density at radius 2 is 1.76 bits per heavy atom. The predicted octanol–water partition coefficient (Wildman–Crippen LogP) is 5.37. The molecule has 166 valence electrons. The summed E-state index contributed by atoms with van der Waals surface area (Å²) in [7, 11) is 0. The van der Waals surface area contributed by atoms with Crippen molar-refractivity contribution in [3.63, 3.8) is 0 Å². The highest BCUT2D eigenvalue weighted by atomic mass is 32.1. The lowest BCUT2D eigenvalue weighted by Gasteiger charge is -2.09. The van der Waals surface area contributed by atoms with Gasteiger partial charge in [0.15, 0.2) is 0 Å². The quantitative estimate of drug-likeness (QED) is 0.390. The first-order chi connectivity index (χ1) is 16.0. The molecule has 0 unspecified atom stereocenters. The molecule has 1 heterocycles. The summed E-state index contributed by atoms with van der Waals surface area (Å²) in [4.78, 5) is 29.2. The number of hydrogen-bond acceptors (Lipinski definition) is 4. The molecule has 0 bridgehead atoms. The molecule has 0 aliphatic heterocycles. The first-order valence-corrected chi connectivity index (χ1v) is 11.3. The zero-order valence-electron chi connectivity index (χ0n) is 18.0. The summed E-state index contributed by atoms with van der Waals surface area (Å²) in [5, 5.41) is 8.69. The second-order valence-corrected chi connectivity index (χ2v) is 8.63. The van der Waals surface area contributed by atoms with Gasteiger partial charge >= 0.3 is 0 Å². The van der Waals surface area contributed by atoms with Crippen LogP contribution in [0.3, 0.4) is 0 Å². The molecule has 2 N–H and O–H groups in total. The summed E-state index contributed by atoms with van der Waals surface area (Å²) in [5.74, 6) is -0.958. The van der Waals surface area contributed by atoms with Gasteiger partial charge < -0.3 is 10.6 Å². The highest BCUT2D eigenvalue weighted by Crippen LogP contribution is 2.22. The van der Waals surface area contributed by atoms with E-state index in [0.717, 1.165) is 27.4 Å². The molecule has 2 amide bonds. The fraction of sp³-hybridized carbons (Fsp3) is 0.115. The molecule has 4 aromatic rings. The fourth-order valence-electron chi connectivity index (χ4n) is 3.33. The molecule has 1 aromatic heterocycles. The van der Waals surface area contributed by atoms with E-state index in [-0.39, 0.29) is 17.9 Å². The Morgan fingerprint density at radius 3 is 2.48 bits per heavy atom. The zero-order valence-corrected chi connectivity index (χ0v) is 18.8. The Bertz CT molecular complexity index is 1280. The third-order valence-electron chi connectivity index (χ3n) is 4.99. The van der Waals surface area contributed by atoms with Crippen molar-refractivity contribution in [1.82, 2.24) is 10.3 Å². The van der Waals surface area contributed by atoms with Crippen molar-refractivity contribution in [2.75, 3.05) is 5.32 Å². The van der Waals surface area contributed by atoms with Crippen LogP contribution in [0.2, 0.25) is 0 Å². The lowest BCUT2D eigenvalue weighted by Crippen LogP contribution is -2.24. The van der Waals surface area contributed by atoms with Crippen molar-refractivity contribution in [2.45, 2.75) is 19.9 Å². The Morgan fingerprint density at radius 1 is 0.970 bits per heavy atom. The first-order valence-electron chi connectivity index (χ1n) is 10.4. The summed E-state index contributed by atoms with van der Waals surface area (Å²) >= 11 is 1.61. The van der Waals surface area contributed by atoms with Gasteiger partial charge in [-0.2, -0.15) is 0 Å². The maximum absolute atomic E-state index is 13.3. The molecule has 0 saturated carbocycles. The van der Waals surface area contributed by atoms with Crippen molar-refractivity contribution in [1.29, 1.82) is 0 Å². The van der Waals surface area contributed by atoms with Crippen LogP contribution in [-0.2, 0) is 17.8 Å². The molecule has 0 radical (unpaired) electrons. The van der Waals surface area contributed by atoms with Gasteiger partial charge in [0.1, 0.15) is 5.82 Å². The third kappa shape index (κ3) is 6.11. The topological polar surface area (TPSA) is 71.1 Å². The van der Waals surface area contributed by atoms with Crippen molar-refractivity contribution >= 4 is 28.8 Å². The number of thiazole rings is 1. The van der Waals surface area contributed by atoms with Gasteiger partial charge in [-0.3, -0.25) is 9.59 Å². The van der Waals surface area contributed by atoms with Crippen LogP contribution in [0, 0.1) is 12.7 Å². The van der Waals surface area contributed by atoms with Crippen LogP contribution < -0.4 is 10.6 Å². The Labute approximate surface area is 195 Å². The number of hydrogen-bond donors (Lipinski definition) is 2. The third-order valence-corrected chi connectivity index (χ3v) is 5.77. The number of aryl methyl sites for hydroxylation is 1. The van der Waals surface area contributed by atoms with E-state index in [2.05, 4.69) is 15.6 Å². The van der Waals surface area contributed by atoms with E-state index in [1.54, 1.807) is 35.6 Å². The maximum Gasteiger partial charge on any atom is 0.255 e. The molecule has 0 aliphatic rings. The van der Waals surface area contributed by atoms with Gasteiger partial charge in [0.05, 0.1) is 17.1 Å². The van der Waals surface area contributed by atoms with Gasteiger partial charge in [0, 0.05) is 28.7 Å². The van der Waals surface area contributed by atoms with E-state index in [1.807, 2.05) is 42.6 Å². The van der Waals surface area contributed by atoms with Crippen molar-refractivity contribution < 1.29 is 14.0 Å². The normalized spacial score (nSPS) is 10.6. The van der Waals surface area contributed by atoms with Gasteiger partial charge in [-0.05, 0) is 48.4 Å². The minimum atomic E-state index is -0.466. The molecule has 0 saturated heterocycles. The highest BCUT2D eigenvalue weighted by molar-refractivity contribution is 7.09. The molecule has 7 heteroatoms. The summed E-state index contributed by atoms with van der Waals surface area (Å²) in [6.45, 7) is 2.31. The second-order valence-electron chi connectivity index (χ2n) is 7.57. The molecule has 4 rings (SSSR count). The van der Waals surface area contributed by atoms with Gasteiger partial charge in [-0.25, -0.2) is 9.37 Å². The number of amides is 2. The molecule has 0 atom stereocenters. The highest BCUT2D eigenvalue weighted by Gasteiger charge is 2.09. The first kappa shape index (κ1) is 22.4. The molecule has 0 aliphatic carbocycles. The fourth-order valence-corrected chi connectivity index (χ4v) is 3.95. The van der Waals surface area contributed by atoms with Gasteiger partial charge in [0.25, 0.3) is 5.91 Å².